The van der Waals surface area contributed by atoms with Gasteiger partial charge < -0.3 is 0 Å². The van der Waals surface area contributed by atoms with E-state index in [2.05, 4.69) is 84.9 Å². The van der Waals surface area contributed by atoms with Crippen LogP contribution in [0.3, 0.4) is 0 Å². The first kappa shape index (κ1) is 21.2. The van der Waals surface area contributed by atoms with E-state index in [0.717, 1.165) is 32.3 Å². The summed E-state index contributed by atoms with van der Waals surface area (Å²) in [5.74, 6) is -0.481. The largest absolute Gasteiger partial charge is 0.277 e. The first-order valence-corrected chi connectivity index (χ1v) is 14.3. The topological polar surface area (TPSA) is 37.4 Å². The molecule has 0 saturated carbocycles. The van der Waals surface area contributed by atoms with Crippen LogP contribution in [0.25, 0.3) is 97.7 Å². The van der Waals surface area contributed by atoms with E-state index in [1.807, 2.05) is 12.1 Å². The number of fused-ring (bicyclic) bond motifs is 7. The minimum atomic E-state index is -0.241. The van der Waals surface area contributed by atoms with Crippen LogP contribution in [0.2, 0.25) is 0 Å². The molecule has 0 unspecified atom stereocenters. The summed E-state index contributed by atoms with van der Waals surface area (Å²) in [5, 5.41) is 16.6. The molecule has 0 radical (unpaired) electrons. The molecule has 0 saturated heterocycles. The standard InChI is InChI=1S/C39H19NO2/c1-40-38(41)30-16-14-28-26-12-10-24-22-8-6-20-18-4-2-3-5-19(18)21-7-9-23(33(22)32(20)21)25-11-13-27(35(26)34(24)25)29-15-17-31(39(40)42)37(30)36(28)29/h2-17H,1H3. The van der Waals surface area contributed by atoms with Crippen molar-refractivity contribution in [2.45, 2.75) is 0 Å². The number of nitrogens with zero attached hydrogens (tertiary/aromatic N) is 1. The van der Waals surface area contributed by atoms with Crippen molar-refractivity contribution in [2.24, 2.45) is 0 Å². The molecule has 0 fully saturated rings. The molecule has 3 heteroatoms. The van der Waals surface area contributed by atoms with Gasteiger partial charge in [0.15, 0.2) is 0 Å². The molecular weight excluding hydrogens is 514 g/mol. The fourth-order valence-corrected chi connectivity index (χ4v) is 8.49. The number of carbonyl (C=O) groups is 2. The van der Waals surface area contributed by atoms with Gasteiger partial charge in [-0.15, -0.1) is 0 Å². The minimum absolute atomic E-state index is 0.241. The maximum absolute atomic E-state index is 13.2. The average Bonchev–Trinajstić information content (AvgIpc) is 3.37. The van der Waals surface area contributed by atoms with E-state index in [4.69, 9.17) is 0 Å². The Morgan fingerprint density at radius 2 is 0.619 bits per heavy atom. The zero-order chi connectivity index (χ0) is 27.6. The second-order valence-corrected chi connectivity index (χ2v) is 11.9. The first-order valence-electron chi connectivity index (χ1n) is 14.3. The molecule has 0 atom stereocenters. The van der Waals surface area contributed by atoms with E-state index in [9.17, 15) is 9.59 Å². The van der Waals surface area contributed by atoms with Crippen molar-refractivity contribution in [2.75, 3.05) is 7.05 Å². The fraction of sp³-hybridized carbons (Fsp3) is 0.0256. The predicted molar refractivity (Wildman–Crippen MR) is 172 cm³/mol. The highest BCUT2D eigenvalue weighted by molar-refractivity contribution is 6.45. The number of benzene rings is 9. The smallest absolute Gasteiger partial charge is 0.261 e. The molecule has 9 aromatic carbocycles. The van der Waals surface area contributed by atoms with Crippen molar-refractivity contribution in [3.05, 3.63) is 108 Å². The second-order valence-electron chi connectivity index (χ2n) is 11.9. The van der Waals surface area contributed by atoms with Crippen molar-refractivity contribution in [3.8, 4) is 22.3 Å². The molecule has 3 nitrogen and oxygen atoms in total. The SMILES string of the molecule is CN1C(=O)c2ccc3c4ccc5c6ccc7c8c(ccc(c9ccc(c%10ccc(c2c3%10)C1=O)c4c59)c86)-c1ccccc1-7. The number of imide groups is 1. The van der Waals surface area contributed by atoms with Gasteiger partial charge in [-0.05, 0) is 104 Å². The molecule has 0 aromatic heterocycles. The number of rotatable bonds is 0. The lowest BCUT2D eigenvalue weighted by Gasteiger charge is -2.26. The quantitative estimate of drug-likeness (QED) is 0.111. The Morgan fingerprint density at radius 1 is 0.333 bits per heavy atom. The predicted octanol–water partition coefficient (Wildman–Crippen LogP) is 9.51. The van der Waals surface area contributed by atoms with Gasteiger partial charge in [-0.25, -0.2) is 0 Å². The molecule has 2 amide bonds. The van der Waals surface area contributed by atoms with Gasteiger partial charge in [-0.3, -0.25) is 14.5 Å². The lowest BCUT2D eigenvalue weighted by atomic mass is 9.81. The molecule has 0 N–H and O–H groups in total. The Hall–Kier alpha value is -5.54. The molecule has 192 valence electrons. The molecule has 42 heavy (non-hydrogen) atoms. The van der Waals surface area contributed by atoms with E-state index >= 15 is 0 Å². The summed E-state index contributed by atoms with van der Waals surface area (Å²) in [6, 6.07) is 35.0. The van der Waals surface area contributed by atoms with E-state index in [0.29, 0.717) is 11.1 Å². The highest BCUT2D eigenvalue weighted by Crippen LogP contribution is 2.53. The normalized spacial score (nSPS) is 14.4. The molecule has 0 bridgehead atoms. The summed E-state index contributed by atoms with van der Waals surface area (Å²) in [4.78, 5) is 27.5. The van der Waals surface area contributed by atoms with Crippen molar-refractivity contribution in [1.82, 2.24) is 4.90 Å². The maximum Gasteiger partial charge on any atom is 0.261 e. The van der Waals surface area contributed by atoms with Gasteiger partial charge in [-0.2, -0.15) is 0 Å². The number of amides is 2. The Bertz CT molecular complexity index is 2610. The van der Waals surface area contributed by atoms with E-state index in [1.165, 1.54) is 70.2 Å². The third-order valence-corrected chi connectivity index (χ3v) is 10.2. The summed E-state index contributed by atoms with van der Waals surface area (Å²) >= 11 is 0. The van der Waals surface area contributed by atoms with Gasteiger partial charge in [0.25, 0.3) is 11.8 Å². The van der Waals surface area contributed by atoms with Crippen LogP contribution in [0.5, 0.6) is 0 Å². The number of hydrogen-bond donors (Lipinski definition) is 0. The van der Waals surface area contributed by atoms with Crippen molar-refractivity contribution < 1.29 is 9.59 Å². The van der Waals surface area contributed by atoms with Gasteiger partial charge in [0.1, 0.15) is 0 Å². The monoisotopic (exact) mass is 533 g/mol. The molecular formula is C39H19NO2. The molecule has 1 aliphatic carbocycles. The van der Waals surface area contributed by atoms with Crippen LogP contribution in [0.15, 0.2) is 97.1 Å². The molecule has 0 spiro atoms. The van der Waals surface area contributed by atoms with Crippen LogP contribution >= 0.6 is 0 Å². The van der Waals surface area contributed by atoms with E-state index in [1.54, 1.807) is 7.05 Å². The van der Waals surface area contributed by atoms with Gasteiger partial charge in [0.05, 0.1) is 0 Å². The summed E-state index contributed by atoms with van der Waals surface area (Å²) in [6.07, 6.45) is 0. The first-order chi connectivity index (χ1) is 20.6. The van der Waals surface area contributed by atoms with Crippen LogP contribution in [0.1, 0.15) is 20.7 Å². The summed E-state index contributed by atoms with van der Waals surface area (Å²) in [5.41, 5.74) is 6.46. The van der Waals surface area contributed by atoms with Crippen molar-refractivity contribution >= 4 is 87.2 Å². The minimum Gasteiger partial charge on any atom is -0.277 e. The maximum atomic E-state index is 13.2. The summed E-state index contributed by atoms with van der Waals surface area (Å²) in [6.45, 7) is 0. The molecule has 2 aliphatic rings. The van der Waals surface area contributed by atoms with Crippen LogP contribution in [0, 0.1) is 0 Å². The Labute approximate surface area is 238 Å². The number of carbonyl (C=O) groups excluding carboxylic acids is 2. The van der Waals surface area contributed by atoms with Crippen LogP contribution in [0.4, 0.5) is 0 Å². The van der Waals surface area contributed by atoms with Gasteiger partial charge in [0.2, 0.25) is 0 Å². The van der Waals surface area contributed by atoms with Crippen molar-refractivity contribution in [1.29, 1.82) is 0 Å². The Balaban J connectivity index is 1.37. The zero-order valence-corrected chi connectivity index (χ0v) is 22.5. The van der Waals surface area contributed by atoms with Gasteiger partial charge >= 0.3 is 0 Å². The van der Waals surface area contributed by atoms with Crippen LogP contribution in [-0.2, 0) is 0 Å². The highest BCUT2D eigenvalue weighted by atomic mass is 16.2. The Morgan fingerprint density at radius 3 is 1.00 bits per heavy atom. The van der Waals surface area contributed by atoms with Gasteiger partial charge in [0, 0.05) is 23.6 Å². The van der Waals surface area contributed by atoms with E-state index in [-0.39, 0.29) is 11.8 Å². The Kier molecular flexibility index (Phi) is 3.37. The second kappa shape index (κ2) is 6.67. The van der Waals surface area contributed by atoms with E-state index < -0.39 is 0 Å². The fourth-order valence-electron chi connectivity index (χ4n) is 8.49. The highest BCUT2D eigenvalue weighted by Gasteiger charge is 2.32. The molecule has 1 aliphatic heterocycles. The lowest BCUT2D eigenvalue weighted by Crippen LogP contribution is -2.36. The molecule has 1 heterocycles. The number of hydrogen-bond acceptors (Lipinski definition) is 2. The lowest BCUT2D eigenvalue weighted by molar-refractivity contribution is 0.0651. The summed E-state index contributed by atoms with van der Waals surface area (Å²) < 4.78 is 0. The van der Waals surface area contributed by atoms with Crippen LogP contribution < -0.4 is 0 Å². The zero-order valence-electron chi connectivity index (χ0n) is 22.5. The average molecular weight is 534 g/mol. The van der Waals surface area contributed by atoms with Crippen molar-refractivity contribution in [3.63, 3.8) is 0 Å². The third-order valence-electron chi connectivity index (χ3n) is 10.2. The van der Waals surface area contributed by atoms with Gasteiger partial charge in [-0.1, -0.05) is 84.9 Å². The third kappa shape index (κ3) is 2.10. The molecule has 11 rings (SSSR count). The van der Waals surface area contributed by atoms with Crippen LogP contribution in [-0.4, -0.2) is 23.8 Å². The molecule has 9 aromatic rings. The summed E-state index contributed by atoms with van der Waals surface area (Å²) in [7, 11) is 1.56.